The highest BCUT2D eigenvalue weighted by molar-refractivity contribution is 5.84. The van der Waals surface area contributed by atoms with Crippen molar-refractivity contribution in [3.8, 4) is 5.75 Å². The molecule has 3 nitrogen and oxygen atoms in total. The second-order valence-corrected chi connectivity index (χ2v) is 6.92. The lowest BCUT2D eigenvalue weighted by Gasteiger charge is -2.27. The molecule has 0 fully saturated rings. The van der Waals surface area contributed by atoms with Crippen molar-refractivity contribution in [2.75, 3.05) is 0 Å². The van der Waals surface area contributed by atoms with Crippen LogP contribution < -0.4 is 10.1 Å². The Morgan fingerprint density at radius 3 is 2.69 bits per heavy atom. The molecule has 26 heavy (non-hydrogen) atoms. The molecule has 1 amide bonds. The van der Waals surface area contributed by atoms with Crippen LogP contribution in [0.15, 0.2) is 66.7 Å². The highest BCUT2D eigenvalue weighted by Crippen LogP contribution is 2.29. The second-order valence-electron chi connectivity index (χ2n) is 6.92. The SMILES string of the molecule is CC(Oc1ccc2ccccc2c1)C(=O)NC1CCCc2ccccc21. The molecule has 132 valence electrons. The van der Waals surface area contributed by atoms with Gasteiger partial charge in [0.15, 0.2) is 6.10 Å². The van der Waals surface area contributed by atoms with Gasteiger partial charge in [0.05, 0.1) is 6.04 Å². The van der Waals surface area contributed by atoms with E-state index >= 15 is 0 Å². The third kappa shape index (κ3) is 3.43. The zero-order valence-electron chi connectivity index (χ0n) is 14.9. The summed E-state index contributed by atoms with van der Waals surface area (Å²) in [5.41, 5.74) is 2.58. The van der Waals surface area contributed by atoms with E-state index in [4.69, 9.17) is 4.74 Å². The predicted molar refractivity (Wildman–Crippen MR) is 104 cm³/mol. The first-order valence-electron chi connectivity index (χ1n) is 9.24. The Labute approximate surface area is 154 Å². The van der Waals surface area contributed by atoms with Crippen LogP contribution >= 0.6 is 0 Å². The van der Waals surface area contributed by atoms with Gasteiger partial charge in [-0.2, -0.15) is 0 Å². The van der Waals surface area contributed by atoms with Crippen LogP contribution in [0.4, 0.5) is 0 Å². The van der Waals surface area contributed by atoms with Crippen LogP contribution in [-0.4, -0.2) is 12.0 Å². The minimum Gasteiger partial charge on any atom is -0.481 e. The van der Waals surface area contributed by atoms with Gasteiger partial charge in [0.1, 0.15) is 5.75 Å². The molecule has 0 aromatic heterocycles. The normalized spacial score (nSPS) is 17.3. The number of hydrogen-bond donors (Lipinski definition) is 1. The topological polar surface area (TPSA) is 38.3 Å². The minimum atomic E-state index is -0.537. The molecule has 1 N–H and O–H groups in total. The predicted octanol–water partition coefficient (Wildman–Crippen LogP) is 4.80. The number of carbonyl (C=O) groups is 1. The molecule has 3 aromatic rings. The Hall–Kier alpha value is -2.81. The van der Waals surface area contributed by atoms with Gasteiger partial charge >= 0.3 is 0 Å². The number of hydrogen-bond acceptors (Lipinski definition) is 2. The molecule has 4 rings (SSSR count). The number of aryl methyl sites for hydroxylation is 1. The van der Waals surface area contributed by atoms with Gasteiger partial charge in [-0.3, -0.25) is 4.79 Å². The number of rotatable bonds is 4. The molecule has 1 aliphatic carbocycles. The van der Waals surface area contributed by atoms with Crippen molar-refractivity contribution in [3.63, 3.8) is 0 Å². The van der Waals surface area contributed by atoms with Gasteiger partial charge in [-0.05, 0) is 60.2 Å². The van der Waals surface area contributed by atoms with Crippen LogP contribution in [0.1, 0.15) is 36.9 Å². The van der Waals surface area contributed by atoms with Crippen LogP contribution in [-0.2, 0) is 11.2 Å². The molecule has 3 aromatic carbocycles. The number of nitrogens with one attached hydrogen (secondary N) is 1. The fourth-order valence-electron chi connectivity index (χ4n) is 3.69. The van der Waals surface area contributed by atoms with Crippen molar-refractivity contribution in [2.24, 2.45) is 0 Å². The number of ether oxygens (including phenoxy) is 1. The number of fused-ring (bicyclic) bond motifs is 2. The third-order valence-corrected chi connectivity index (χ3v) is 5.09. The van der Waals surface area contributed by atoms with Crippen LogP contribution in [0.2, 0.25) is 0 Å². The Bertz CT molecular complexity index is 934. The monoisotopic (exact) mass is 345 g/mol. The summed E-state index contributed by atoms with van der Waals surface area (Å²) in [6.45, 7) is 1.80. The standard InChI is InChI=1S/C23H23NO2/c1-16(26-20-14-13-17-7-2-3-9-19(17)15-20)23(25)24-22-12-6-10-18-8-4-5-11-21(18)22/h2-5,7-9,11,13-16,22H,6,10,12H2,1H3,(H,24,25). The first-order chi connectivity index (χ1) is 12.7. The van der Waals surface area contributed by atoms with E-state index in [1.165, 1.54) is 11.1 Å². The molecule has 2 unspecified atom stereocenters. The fourth-order valence-corrected chi connectivity index (χ4v) is 3.69. The van der Waals surface area contributed by atoms with Gasteiger partial charge in [-0.25, -0.2) is 0 Å². The van der Waals surface area contributed by atoms with E-state index in [-0.39, 0.29) is 11.9 Å². The zero-order chi connectivity index (χ0) is 17.9. The minimum absolute atomic E-state index is 0.0696. The fraction of sp³-hybridized carbons (Fsp3) is 0.261. The molecule has 0 saturated carbocycles. The van der Waals surface area contributed by atoms with E-state index < -0.39 is 6.10 Å². The smallest absolute Gasteiger partial charge is 0.261 e. The lowest BCUT2D eigenvalue weighted by molar-refractivity contribution is -0.128. The van der Waals surface area contributed by atoms with Gasteiger partial charge in [0.2, 0.25) is 0 Å². The molecule has 0 saturated heterocycles. The molecule has 0 spiro atoms. The van der Waals surface area contributed by atoms with Gasteiger partial charge in [-0.1, -0.05) is 54.6 Å². The zero-order valence-corrected chi connectivity index (χ0v) is 14.9. The van der Waals surface area contributed by atoms with Gasteiger partial charge in [0.25, 0.3) is 5.91 Å². The summed E-state index contributed by atoms with van der Waals surface area (Å²) in [6, 6.07) is 22.5. The Kier molecular flexibility index (Phi) is 4.61. The Balaban J connectivity index is 1.45. The van der Waals surface area contributed by atoms with E-state index in [1.54, 1.807) is 6.92 Å². The molecular formula is C23H23NO2. The molecular weight excluding hydrogens is 322 g/mol. The maximum atomic E-state index is 12.7. The van der Waals surface area contributed by atoms with Gasteiger partial charge in [-0.15, -0.1) is 0 Å². The van der Waals surface area contributed by atoms with Crippen LogP contribution in [0, 0.1) is 0 Å². The second kappa shape index (κ2) is 7.20. The van der Waals surface area contributed by atoms with Crippen molar-refractivity contribution in [1.82, 2.24) is 5.32 Å². The van der Waals surface area contributed by atoms with E-state index in [0.717, 1.165) is 35.8 Å². The van der Waals surface area contributed by atoms with Gasteiger partial charge in [0, 0.05) is 0 Å². The largest absolute Gasteiger partial charge is 0.481 e. The first kappa shape index (κ1) is 16.6. The summed E-state index contributed by atoms with van der Waals surface area (Å²) in [7, 11) is 0. The van der Waals surface area contributed by atoms with E-state index in [0.29, 0.717) is 0 Å². The maximum absolute atomic E-state index is 12.7. The van der Waals surface area contributed by atoms with Crippen molar-refractivity contribution in [1.29, 1.82) is 0 Å². The van der Waals surface area contributed by atoms with Gasteiger partial charge < -0.3 is 10.1 Å². The summed E-state index contributed by atoms with van der Waals surface area (Å²) >= 11 is 0. The lowest BCUT2D eigenvalue weighted by Crippen LogP contribution is -2.39. The maximum Gasteiger partial charge on any atom is 0.261 e. The number of benzene rings is 3. The molecule has 0 radical (unpaired) electrons. The summed E-state index contributed by atoms with van der Waals surface area (Å²) in [6.07, 6.45) is 2.63. The number of amides is 1. The summed E-state index contributed by atoms with van der Waals surface area (Å²) in [5.74, 6) is 0.648. The van der Waals surface area contributed by atoms with E-state index in [1.807, 2.05) is 42.5 Å². The van der Waals surface area contributed by atoms with Crippen molar-refractivity contribution >= 4 is 16.7 Å². The summed E-state index contributed by atoms with van der Waals surface area (Å²) < 4.78 is 5.90. The van der Waals surface area contributed by atoms with Crippen LogP contribution in [0.25, 0.3) is 10.8 Å². The molecule has 0 aliphatic heterocycles. The highest BCUT2D eigenvalue weighted by Gasteiger charge is 2.24. The summed E-state index contributed by atoms with van der Waals surface area (Å²) in [5, 5.41) is 5.44. The molecule has 0 heterocycles. The highest BCUT2D eigenvalue weighted by atomic mass is 16.5. The average molecular weight is 345 g/mol. The quantitative estimate of drug-likeness (QED) is 0.737. The molecule has 0 bridgehead atoms. The molecule has 2 atom stereocenters. The Morgan fingerprint density at radius 2 is 1.81 bits per heavy atom. The lowest BCUT2D eigenvalue weighted by atomic mass is 9.87. The van der Waals surface area contributed by atoms with Crippen LogP contribution in [0.5, 0.6) is 5.75 Å². The van der Waals surface area contributed by atoms with Crippen molar-refractivity contribution < 1.29 is 9.53 Å². The molecule has 1 aliphatic rings. The first-order valence-corrected chi connectivity index (χ1v) is 9.24. The Morgan fingerprint density at radius 1 is 1.04 bits per heavy atom. The van der Waals surface area contributed by atoms with E-state index in [9.17, 15) is 4.79 Å². The summed E-state index contributed by atoms with van der Waals surface area (Å²) in [4.78, 5) is 12.7. The molecule has 3 heteroatoms. The van der Waals surface area contributed by atoms with Crippen LogP contribution in [0.3, 0.4) is 0 Å². The number of carbonyl (C=O) groups excluding carboxylic acids is 1. The van der Waals surface area contributed by atoms with E-state index in [2.05, 4.69) is 29.6 Å². The average Bonchev–Trinajstić information content (AvgIpc) is 2.68. The van der Waals surface area contributed by atoms with Crippen molar-refractivity contribution in [2.45, 2.75) is 38.3 Å². The third-order valence-electron chi connectivity index (χ3n) is 5.09. The van der Waals surface area contributed by atoms with Crippen molar-refractivity contribution in [3.05, 3.63) is 77.9 Å².